The van der Waals surface area contributed by atoms with Crippen molar-refractivity contribution in [1.29, 1.82) is 0 Å². The predicted molar refractivity (Wildman–Crippen MR) is 160 cm³/mol. The van der Waals surface area contributed by atoms with Crippen molar-refractivity contribution in [2.75, 3.05) is 0 Å². The molecular weight excluding hydrogens is 500 g/mol. The second kappa shape index (κ2) is 9.38. The molecule has 0 bridgehead atoms. The average Bonchev–Trinajstić information content (AvgIpc) is 3.54. The van der Waals surface area contributed by atoms with Crippen LogP contribution in [-0.2, 0) is 25.2 Å². The van der Waals surface area contributed by atoms with Crippen molar-refractivity contribution >= 4 is 66.9 Å². The first-order valence-corrected chi connectivity index (χ1v) is 15.6. The van der Waals surface area contributed by atoms with Crippen molar-refractivity contribution < 1.29 is 18.6 Å². The normalized spacial score (nSPS) is 23.1. The minimum absolute atomic E-state index is 0.338. The zero-order valence-electron chi connectivity index (χ0n) is 24.3. The number of hydrogen-bond donors (Lipinski definition) is 0. The lowest BCUT2D eigenvalue weighted by atomic mass is 9.88. The van der Waals surface area contributed by atoms with Gasteiger partial charge in [0.2, 0.25) is 0 Å². The van der Waals surface area contributed by atoms with E-state index in [2.05, 4.69) is 85.9 Å². The maximum Gasteiger partial charge on any atom is 0.505 e. The number of aromatic nitrogens is 1. The van der Waals surface area contributed by atoms with Crippen LogP contribution < -0.4 is 9.55 Å². The maximum atomic E-state index is 6.43. The fraction of sp³-hybridized carbons (Fsp3) is 0.714. The summed E-state index contributed by atoms with van der Waals surface area (Å²) in [6, 6.07) is 4.63. The fourth-order valence-corrected chi connectivity index (χ4v) is 7.57. The summed E-state index contributed by atoms with van der Waals surface area (Å²) in [7, 11) is -0.675. The highest BCUT2D eigenvalue weighted by Crippen LogP contribution is 2.42. The largest absolute Gasteiger partial charge is 0.505 e. The molecule has 0 amide bonds. The molecule has 0 aromatic carbocycles. The molecule has 5 nitrogen and oxygen atoms in total. The zero-order chi connectivity index (χ0) is 27.0. The summed E-state index contributed by atoms with van der Waals surface area (Å²) in [5.74, 6) is 0.652. The van der Waals surface area contributed by atoms with E-state index in [-0.39, 0.29) is 36.6 Å². The Hall–Kier alpha value is -0.830. The molecule has 1 unspecified atom stereocenters. The van der Waals surface area contributed by atoms with Crippen molar-refractivity contribution in [3.05, 3.63) is 12.1 Å². The maximum absolute atomic E-state index is 6.43. The van der Waals surface area contributed by atoms with Crippen LogP contribution in [-0.4, -0.2) is 41.2 Å². The van der Waals surface area contributed by atoms with Gasteiger partial charge in [-0.05, 0) is 79.9 Å². The van der Waals surface area contributed by atoms with Crippen molar-refractivity contribution in [2.45, 2.75) is 124 Å². The molecule has 2 saturated heterocycles. The Labute approximate surface area is 231 Å². The summed E-state index contributed by atoms with van der Waals surface area (Å²) in [5.41, 5.74) is 1.20. The smallest absolute Gasteiger partial charge is 0.399 e. The van der Waals surface area contributed by atoms with Gasteiger partial charge in [-0.3, -0.25) is 0 Å². The SMILES string of the molecule is CCCCC(CC)Cn1c2cc(B3OC(C)(C)C(C)(C)O3)sc2c2sc(B3OC(C)(C)C(C)(C)O3)cc21. The molecule has 3 aromatic rings. The van der Waals surface area contributed by atoms with Crippen molar-refractivity contribution in [1.82, 2.24) is 4.57 Å². The lowest BCUT2D eigenvalue weighted by molar-refractivity contribution is 0.00578. The van der Waals surface area contributed by atoms with Gasteiger partial charge in [-0.1, -0.05) is 33.1 Å². The lowest BCUT2D eigenvalue weighted by Gasteiger charge is -2.32. The highest BCUT2D eigenvalue weighted by atomic mass is 32.1. The van der Waals surface area contributed by atoms with Crippen molar-refractivity contribution in [3.8, 4) is 0 Å². The van der Waals surface area contributed by atoms with Crippen LogP contribution in [0.2, 0.25) is 0 Å². The van der Waals surface area contributed by atoms with Gasteiger partial charge in [-0.2, -0.15) is 0 Å². The monoisotopic (exact) mass is 543 g/mol. The Morgan fingerprint density at radius 3 is 1.49 bits per heavy atom. The number of rotatable bonds is 8. The van der Waals surface area contributed by atoms with Gasteiger partial charge < -0.3 is 23.2 Å². The molecule has 0 saturated carbocycles. The van der Waals surface area contributed by atoms with Crippen LogP contribution in [0, 0.1) is 5.92 Å². The Kier molecular flexibility index (Phi) is 7.03. The molecule has 5 rings (SSSR count). The van der Waals surface area contributed by atoms with Crippen molar-refractivity contribution in [2.24, 2.45) is 5.92 Å². The molecule has 37 heavy (non-hydrogen) atoms. The van der Waals surface area contributed by atoms with Gasteiger partial charge in [0.25, 0.3) is 0 Å². The first-order chi connectivity index (χ1) is 17.2. The number of fused-ring (bicyclic) bond motifs is 3. The van der Waals surface area contributed by atoms with E-state index in [0.717, 1.165) is 16.1 Å². The molecule has 5 heterocycles. The first kappa shape index (κ1) is 27.7. The van der Waals surface area contributed by atoms with Crippen LogP contribution in [0.3, 0.4) is 0 Å². The molecule has 0 radical (unpaired) electrons. The van der Waals surface area contributed by atoms with E-state index in [1.54, 1.807) is 0 Å². The van der Waals surface area contributed by atoms with Gasteiger partial charge >= 0.3 is 14.2 Å². The Balaban J connectivity index is 1.57. The number of unbranched alkanes of at least 4 members (excludes halogenated alkanes) is 1. The Morgan fingerprint density at radius 1 is 0.730 bits per heavy atom. The number of hydrogen-bond acceptors (Lipinski definition) is 6. The third kappa shape index (κ3) is 4.66. The van der Waals surface area contributed by atoms with E-state index < -0.39 is 0 Å². The van der Waals surface area contributed by atoms with E-state index in [4.69, 9.17) is 18.6 Å². The highest BCUT2D eigenvalue weighted by molar-refractivity contribution is 7.35. The second-order valence-electron chi connectivity index (χ2n) is 12.9. The van der Waals surface area contributed by atoms with Crippen LogP contribution in [0.15, 0.2) is 12.1 Å². The van der Waals surface area contributed by atoms with Gasteiger partial charge in [0, 0.05) is 16.1 Å². The molecule has 1 atom stereocenters. The fourth-order valence-electron chi connectivity index (χ4n) is 5.18. The molecular formula is C28H43B2NO4S2. The van der Waals surface area contributed by atoms with Crippen molar-refractivity contribution in [3.63, 3.8) is 0 Å². The predicted octanol–water partition coefficient (Wildman–Crippen LogP) is 6.73. The van der Waals surface area contributed by atoms with Gasteiger partial charge in [0.05, 0.1) is 42.8 Å². The summed E-state index contributed by atoms with van der Waals surface area (Å²) in [6.07, 6.45) is 4.96. The summed E-state index contributed by atoms with van der Waals surface area (Å²) in [6.45, 7) is 22.6. The molecule has 2 aliphatic rings. The topological polar surface area (TPSA) is 41.9 Å². The van der Waals surface area contributed by atoms with Crippen LogP contribution >= 0.6 is 22.7 Å². The quantitative estimate of drug-likeness (QED) is 0.296. The van der Waals surface area contributed by atoms with E-state index in [0.29, 0.717) is 5.92 Å². The van der Waals surface area contributed by atoms with Crippen LogP contribution in [0.4, 0.5) is 0 Å². The van der Waals surface area contributed by atoms with Crippen LogP contribution in [0.25, 0.3) is 20.4 Å². The number of thiophene rings is 2. The van der Waals surface area contributed by atoms with E-state index >= 15 is 0 Å². The second-order valence-corrected chi connectivity index (χ2v) is 15.1. The summed E-state index contributed by atoms with van der Waals surface area (Å²) < 4.78 is 33.2. The summed E-state index contributed by atoms with van der Waals surface area (Å²) in [5, 5.41) is 0. The third-order valence-corrected chi connectivity index (χ3v) is 11.7. The van der Waals surface area contributed by atoms with Gasteiger partial charge in [-0.15, -0.1) is 22.7 Å². The van der Waals surface area contributed by atoms with Crippen LogP contribution in [0.1, 0.15) is 94.9 Å². The summed E-state index contributed by atoms with van der Waals surface area (Å²) >= 11 is 3.62. The third-order valence-electron chi connectivity index (χ3n) is 9.21. The van der Waals surface area contributed by atoms with Gasteiger partial charge in [0.1, 0.15) is 0 Å². The van der Waals surface area contributed by atoms with E-state index in [9.17, 15) is 0 Å². The van der Waals surface area contributed by atoms with E-state index in [1.807, 2.05) is 22.7 Å². The Morgan fingerprint density at radius 2 is 1.14 bits per heavy atom. The van der Waals surface area contributed by atoms with E-state index in [1.165, 1.54) is 46.1 Å². The number of nitrogens with zero attached hydrogens (tertiary/aromatic N) is 1. The minimum atomic E-state index is -0.350. The standard InChI is InChI=1S/C28H43B2NO4S2/c1-11-13-14-18(12-2)17-31-19-15-21(29-32-25(3,4)26(5,6)33-29)36-23(19)24-20(31)16-22(37-24)30-34-27(7,8)28(9,10)35-30/h15-16,18H,11-14,17H2,1-10H3. The molecule has 9 heteroatoms. The van der Waals surface area contributed by atoms with Gasteiger partial charge in [-0.25, -0.2) is 0 Å². The average molecular weight is 543 g/mol. The minimum Gasteiger partial charge on any atom is -0.399 e. The van der Waals surface area contributed by atoms with Gasteiger partial charge in [0.15, 0.2) is 0 Å². The molecule has 2 aliphatic heterocycles. The van der Waals surface area contributed by atoms with Crippen LogP contribution in [0.5, 0.6) is 0 Å². The molecule has 0 aliphatic carbocycles. The lowest BCUT2D eigenvalue weighted by Crippen LogP contribution is -2.41. The molecule has 2 fully saturated rings. The Bertz CT molecular complexity index is 1170. The molecule has 3 aromatic heterocycles. The molecule has 0 spiro atoms. The zero-order valence-corrected chi connectivity index (χ0v) is 26.0. The first-order valence-electron chi connectivity index (χ1n) is 14.0. The highest BCUT2D eigenvalue weighted by Gasteiger charge is 2.53. The molecule has 202 valence electrons. The summed E-state index contributed by atoms with van der Waals surface area (Å²) in [4.78, 5) is 0. The molecule has 0 N–H and O–H groups in total.